The van der Waals surface area contributed by atoms with E-state index in [4.69, 9.17) is 18.9 Å². The van der Waals surface area contributed by atoms with Gasteiger partial charge in [0.15, 0.2) is 5.96 Å². The monoisotopic (exact) mass is 571 g/mol. The summed E-state index contributed by atoms with van der Waals surface area (Å²) in [4.78, 5) is 9.54. The number of hydrogen-bond donors (Lipinski definition) is 2. The third-order valence-corrected chi connectivity index (χ3v) is 5.71. The molecule has 1 aliphatic heterocycles. The van der Waals surface area contributed by atoms with E-state index in [0.717, 1.165) is 50.3 Å². The predicted octanol–water partition coefficient (Wildman–Crippen LogP) is 3.14. The van der Waals surface area contributed by atoms with Gasteiger partial charge in [-0.1, -0.05) is 12.1 Å². The van der Waals surface area contributed by atoms with E-state index < -0.39 is 0 Å². The second kappa shape index (κ2) is 14.4. The van der Waals surface area contributed by atoms with Crippen LogP contribution in [0.25, 0.3) is 0 Å². The van der Waals surface area contributed by atoms with E-state index in [2.05, 4.69) is 53.6 Å². The van der Waals surface area contributed by atoms with Crippen LogP contribution in [0, 0.1) is 0 Å². The van der Waals surface area contributed by atoms with Crippen LogP contribution in [-0.2, 0) is 4.74 Å². The Morgan fingerprint density at radius 3 is 2.45 bits per heavy atom. The lowest BCUT2D eigenvalue weighted by Crippen LogP contribution is -2.43. The first-order chi connectivity index (χ1) is 15.6. The fourth-order valence-corrected chi connectivity index (χ4v) is 3.88. The number of aliphatic imine (C=N–C) groups is 1. The highest BCUT2D eigenvalue weighted by molar-refractivity contribution is 14.0. The van der Waals surface area contributed by atoms with Gasteiger partial charge in [-0.05, 0) is 50.8 Å². The normalized spacial score (nSPS) is 16.7. The van der Waals surface area contributed by atoms with Crippen LogP contribution < -0.4 is 15.4 Å². The van der Waals surface area contributed by atoms with Gasteiger partial charge in [0.25, 0.3) is 0 Å². The summed E-state index contributed by atoms with van der Waals surface area (Å²) in [5.74, 6) is 2.60. The van der Waals surface area contributed by atoms with Crippen LogP contribution >= 0.6 is 24.0 Å². The third-order valence-electron chi connectivity index (χ3n) is 5.71. The van der Waals surface area contributed by atoms with Gasteiger partial charge >= 0.3 is 0 Å². The first-order valence-electron chi connectivity index (χ1n) is 11.3. The molecule has 0 amide bonds. The molecule has 2 atom stereocenters. The van der Waals surface area contributed by atoms with Gasteiger partial charge in [0.2, 0.25) is 0 Å². The highest BCUT2D eigenvalue weighted by Gasteiger charge is 2.23. The lowest BCUT2D eigenvalue weighted by molar-refractivity contribution is 0.0179. The second-order valence-electron chi connectivity index (χ2n) is 8.03. The first-order valence-corrected chi connectivity index (χ1v) is 11.3. The van der Waals surface area contributed by atoms with Crippen LogP contribution in [-0.4, -0.2) is 82.9 Å². The molecule has 0 saturated carbocycles. The quantitative estimate of drug-likeness (QED) is 0.258. The summed E-state index contributed by atoms with van der Waals surface area (Å²) in [6.07, 6.45) is 1.72. The van der Waals surface area contributed by atoms with E-state index in [9.17, 15) is 0 Å². The SMILES string of the molecule is CCNC(=NCC(c1ccc(OC)cc1)N1CCOCC1)NCC(c1ccco1)N(C)C.I. The van der Waals surface area contributed by atoms with Crippen LogP contribution in [0.2, 0.25) is 0 Å². The molecular formula is C24H38IN5O3. The van der Waals surface area contributed by atoms with E-state index in [1.807, 2.05) is 24.3 Å². The van der Waals surface area contributed by atoms with Gasteiger partial charge in [0, 0.05) is 26.2 Å². The Labute approximate surface area is 214 Å². The van der Waals surface area contributed by atoms with Gasteiger partial charge in [-0.2, -0.15) is 0 Å². The molecule has 0 radical (unpaired) electrons. The molecule has 33 heavy (non-hydrogen) atoms. The number of halogens is 1. The van der Waals surface area contributed by atoms with Crippen molar-refractivity contribution >= 4 is 29.9 Å². The maximum atomic E-state index is 5.63. The molecule has 1 aromatic carbocycles. The Kier molecular flexibility index (Phi) is 12.0. The Morgan fingerprint density at radius 1 is 1.15 bits per heavy atom. The number of guanidine groups is 1. The summed E-state index contributed by atoms with van der Waals surface area (Å²) in [6, 6.07) is 12.5. The van der Waals surface area contributed by atoms with Crippen molar-refractivity contribution in [1.29, 1.82) is 0 Å². The van der Waals surface area contributed by atoms with Crippen LogP contribution in [0.3, 0.4) is 0 Å². The van der Waals surface area contributed by atoms with Crippen molar-refractivity contribution in [2.75, 3.05) is 67.1 Å². The smallest absolute Gasteiger partial charge is 0.191 e. The summed E-state index contributed by atoms with van der Waals surface area (Å²) in [5.41, 5.74) is 1.23. The van der Waals surface area contributed by atoms with Crippen LogP contribution in [0.15, 0.2) is 52.1 Å². The number of nitrogens with zero attached hydrogens (tertiary/aromatic N) is 3. The Hall–Kier alpha value is -1.82. The van der Waals surface area contributed by atoms with Gasteiger partial charge in [-0.25, -0.2) is 0 Å². The molecule has 2 unspecified atom stereocenters. The van der Waals surface area contributed by atoms with Crippen molar-refractivity contribution in [3.8, 4) is 5.75 Å². The van der Waals surface area contributed by atoms with Crippen molar-refractivity contribution in [3.05, 3.63) is 54.0 Å². The highest BCUT2D eigenvalue weighted by atomic mass is 127. The molecular weight excluding hydrogens is 533 g/mol. The maximum Gasteiger partial charge on any atom is 0.191 e. The summed E-state index contributed by atoms with van der Waals surface area (Å²) in [5, 5.41) is 6.87. The number of likely N-dealkylation sites (N-methyl/N-ethyl adjacent to an activating group) is 1. The van der Waals surface area contributed by atoms with E-state index in [1.165, 1.54) is 5.56 Å². The number of nitrogens with one attached hydrogen (secondary N) is 2. The fraction of sp³-hybridized carbons (Fsp3) is 0.542. The number of methoxy groups -OCH3 is 1. The van der Waals surface area contributed by atoms with Gasteiger partial charge in [0.05, 0.1) is 45.2 Å². The van der Waals surface area contributed by atoms with Crippen LogP contribution in [0.4, 0.5) is 0 Å². The maximum absolute atomic E-state index is 5.63. The molecule has 3 rings (SSSR count). The van der Waals surface area contributed by atoms with Crippen molar-refractivity contribution < 1.29 is 13.9 Å². The van der Waals surface area contributed by atoms with Crippen molar-refractivity contribution in [2.24, 2.45) is 4.99 Å². The average Bonchev–Trinajstić information content (AvgIpc) is 3.34. The highest BCUT2D eigenvalue weighted by Crippen LogP contribution is 2.24. The zero-order valence-electron chi connectivity index (χ0n) is 20.1. The zero-order valence-corrected chi connectivity index (χ0v) is 22.5. The van der Waals surface area contributed by atoms with Crippen molar-refractivity contribution in [3.63, 3.8) is 0 Å². The largest absolute Gasteiger partial charge is 0.497 e. The molecule has 0 bridgehead atoms. The summed E-state index contributed by atoms with van der Waals surface area (Å²) in [7, 11) is 5.80. The van der Waals surface area contributed by atoms with Gasteiger partial charge in [-0.3, -0.25) is 14.8 Å². The lowest BCUT2D eigenvalue weighted by atomic mass is 10.0. The molecule has 184 valence electrons. The minimum absolute atomic E-state index is 0. The molecule has 1 aromatic heterocycles. The lowest BCUT2D eigenvalue weighted by Gasteiger charge is -2.34. The molecule has 1 fully saturated rings. The molecule has 2 aromatic rings. The van der Waals surface area contributed by atoms with Gasteiger partial charge in [0.1, 0.15) is 11.5 Å². The van der Waals surface area contributed by atoms with E-state index in [0.29, 0.717) is 13.1 Å². The number of rotatable bonds is 10. The first kappa shape index (κ1) is 27.4. The molecule has 1 saturated heterocycles. The topological polar surface area (TPSA) is 74.5 Å². The second-order valence-corrected chi connectivity index (χ2v) is 8.03. The standard InChI is InChI=1S/C24H37N5O3.HI/c1-5-25-24(27-18-22(28(2)3)23-7-6-14-32-23)26-17-21(29-12-15-31-16-13-29)19-8-10-20(30-4)11-9-19;/h6-11,14,21-22H,5,12-13,15-18H2,1-4H3,(H2,25,26,27);1H. The summed E-state index contributed by atoms with van der Waals surface area (Å²) < 4.78 is 16.5. The van der Waals surface area contributed by atoms with Crippen molar-refractivity contribution in [1.82, 2.24) is 20.4 Å². The Balaban J connectivity index is 0.00000385. The molecule has 1 aliphatic rings. The zero-order chi connectivity index (χ0) is 22.8. The van der Waals surface area contributed by atoms with E-state index in [1.54, 1.807) is 13.4 Å². The molecule has 9 heteroatoms. The molecule has 0 aliphatic carbocycles. The molecule has 0 spiro atoms. The molecule has 2 heterocycles. The van der Waals surface area contributed by atoms with E-state index >= 15 is 0 Å². The Morgan fingerprint density at radius 2 is 1.88 bits per heavy atom. The number of hydrogen-bond acceptors (Lipinski definition) is 6. The fourth-order valence-electron chi connectivity index (χ4n) is 3.88. The van der Waals surface area contributed by atoms with Gasteiger partial charge in [-0.15, -0.1) is 24.0 Å². The van der Waals surface area contributed by atoms with Crippen molar-refractivity contribution in [2.45, 2.75) is 19.0 Å². The van der Waals surface area contributed by atoms with E-state index in [-0.39, 0.29) is 36.1 Å². The minimum atomic E-state index is 0. The number of ether oxygens (including phenoxy) is 2. The van der Waals surface area contributed by atoms with Gasteiger partial charge < -0.3 is 24.5 Å². The van der Waals surface area contributed by atoms with Crippen LogP contribution in [0.5, 0.6) is 5.75 Å². The minimum Gasteiger partial charge on any atom is -0.497 e. The predicted molar refractivity (Wildman–Crippen MR) is 143 cm³/mol. The Bertz CT molecular complexity index is 808. The summed E-state index contributed by atoms with van der Waals surface area (Å²) in [6.45, 7) is 7.52. The summed E-state index contributed by atoms with van der Waals surface area (Å²) >= 11 is 0. The average molecular weight is 572 g/mol. The van der Waals surface area contributed by atoms with Crippen LogP contribution in [0.1, 0.15) is 30.3 Å². The molecule has 8 nitrogen and oxygen atoms in total. The molecule has 2 N–H and O–H groups in total. The number of furan rings is 1. The number of benzene rings is 1. The number of morpholine rings is 1. The third kappa shape index (κ3) is 8.16.